The summed E-state index contributed by atoms with van der Waals surface area (Å²) in [4.78, 5) is 13.4. The molecule has 0 bridgehead atoms. The predicted molar refractivity (Wildman–Crippen MR) is 102 cm³/mol. The summed E-state index contributed by atoms with van der Waals surface area (Å²) in [7, 11) is 1.61. The molecule has 2 aromatic carbocycles. The van der Waals surface area contributed by atoms with Crippen molar-refractivity contribution in [3.8, 4) is 11.5 Å². The van der Waals surface area contributed by atoms with E-state index in [0.717, 1.165) is 39.6 Å². The molecule has 0 spiro atoms. The molecule has 0 aliphatic rings. The Morgan fingerprint density at radius 3 is 2.60 bits per heavy atom. The number of likely N-dealkylation sites (N-methyl/N-ethyl adjacent to an activating group) is 1. The van der Waals surface area contributed by atoms with Crippen LogP contribution in [-0.2, 0) is 4.79 Å². The van der Waals surface area contributed by atoms with Crippen LogP contribution in [0.4, 0.5) is 5.69 Å². The SMILES string of the molecule is CC[NH+](CCOc1ccc(Br)cc1)CC(=O)Nc1cccc(OC)c1. The highest BCUT2D eigenvalue weighted by atomic mass is 79.9. The summed E-state index contributed by atoms with van der Waals surface area (Å²) < 4.78 is 11.9. The second-order valence-electron chi connectivity index (χ2n) is 5.61. The lowest BCUT2D eigenvalue weighted by atomic mass is 10.3. The normalized spacial score (nSPS) is 11.6. The van der Waals surface area contributed by atoms with Gasteiger partial charge >= 0.3 is 0 Å². The van der Waals surface area contributed by atoms with Gasteiger partial charge in [-0.25, -0.2) is 0 Å². The Balaban J connectivity index is 1.77. The molecule has 0 fully saturated rings. The maximum Gasteiger partial charge on any atom is 0.279 e. The largest absolute Gasteiger partial charge is 0.497 e. The average molecular weight is 408 g/mol. The molecule has 0 aromatic heterocycles. The van der Waals surface area contributed by atoms with Crippen molar-refractivity contribution in [1.29, 1.82) is 0 Å². The van der Waals surface area contributed by atoms with Gasteiger partial charge in [-0.05, 0) is 43.3 Å². The molecule has 0 aliphatic heterocycles. The number of nitrogens with one attached hydrogen (secondary N) is 2. The molecule has 2 rings (SSSR count). The minimum Gasteiger partial charge on any atom is -0.497 e. The van der Waals surface area contributed by atoms with E-state index in [1.807, 2.05) is 42.5 Å². The molecule has 1 unspecified atom stereocenters. The van der Waals surface area contributed by atoms with Crippen molar-refractivity contribution in [2.45, 2.75) is 6.92 Å². The molecule has 0 aliphatic carbocycles. The lowest BCUT2D eigenvalue weighted by Gasteiger charge is -2.17. The van der Waals surface area contributed by atoms with Crippen molar-refractivity contribution in [3.63, 3.8) is 0 Å². The quantitative estimate of drug-likeness (QED) is 0.670. The lowest BCUT2D eigenvalue weighted by molar-refractivity contribution is -0.889. The lowest BCUT2D eigenvalue weighted by Crippen LogP contribution is -3.13. The molecular formula is C19H24BrN2O3+. The molecular weight excluding hydrogens is 384 g/mol. The molecule has 0 heterocycles. The number of quaternary nitrogens is 1. The standard InChI is InChI=1S/C19H23BrN2O3/c1-3-22(11-12-25-17-9-7-15(20)8-10-17)14-19(23)21-16-5-4-6-18(13-16)24-2/h4-10,13H,3,11-12,14H2,1-2H3,(H,21,23)/p+1. The van der Waals surface area contributed by atoms with E-state index in [4.69, 9.17) is 9.47 Å². The van der Waals surface area contributed by atoms with Crippen LogP contribution in [0.2, 0.25) is 0 Å². The zero-order chi connectivity index (χ0) is 18.1. The van der Waals surface area contributed by atoms with Crippen molar-refractivity contribution in [2.75, 3.05) is 38.7 Å². The monoisotopic (exact) mass is 407 g/mol. The molecule has 0 saturated heterocycles. The third kappa shape index (κ3) is 6.76. The van der Waals surface area contributed by atoms with Crippen LogP contribution in [0, 0.1) is 0 Å². The fraction of sp³-hybridized carbons (Fsp3) is 0.316. The second kappa shape index (κ2) is 10.1. The van der Waals surface area contributed by atoms with Gasteiger partial charge in [0.25, 0.3) is 5.91 Å². The van der Waals surface area contributed by atoms with Crippen molar-refractivity contribution in [3.05, 3.63) is 53.0 Å². The Kier molecular flexibility index (Phi) is 7.76. The highest BCUT2D eigenvalue weighted by Crippen LogP contribution is 2.16. The van der Waals surface area contributed by atoms with Crippen LogP contribution in [0.25, 0.3) is 0 Å². The highest BCUT2D eigenvalue weighted by molar-refractivity contribution is 9.10. The Morgan fingerprint density at radius 1 is 1.16 bits per heavy atom. The number of rotatable bonds is 9. The summed E-state index contributed by atoms with van der Waals surface area (Å²) in [5.74, 6) is 1.54. The smallest absolute Gasteiger partial charge is 0.279 e. The van der Waals surface area contributed by atoms with Gasteiger partial charge in [-0.15, -0.1) is 0 Å². The molecule has 0 radical (unpaired) electrons. The van der Waals surface area contributed by atoms with E-state index in [1.54, 1.807) is 13.2 Å². The van der Waals surface area contributed by atoms with E-state index < -0.39 is 0 Å². The number of benzene rings is 2. The van der Waals surface area contributed by atoms with E-state index in [9.17, 15) is 4.79 Å². The fourth-order valence-electron chi connectivity index (χ4n) is 2.37. The second-order valence-corrected chi connectivity index (χ2v) is 6.53. The predicted octanol–water partition coefficient (Wildman–Crippen LogP) is 2.38. The van der Waals surface area contributed by atoms with Gasteiger partial charge in [-0.3, -0.25) is 4.79 Å². The fourth-order valence-corrected chi connectivity index (χ4v) is 2.63. The zero-order valence-corrected chi connectivity index (χ0v) is 16.1. The summed E-state index contributed by atoms with van der Waals surface area (Å²) >= 11 is 3.40. The van der Waals surface area contributed by atoms with E-state index in [-0.39, 0.29) is 5.91 Å². The number of halogens is 1. The Morgan fingerprint density at radius 2 is 1.92 bits per heavy atom. The molecule has 1 atom stereocenters. The Bertz CT molecular complexity index is 677. The van der Waals surface area contributed by atoms with Gasteiger partial charge in [0.15, 0.2) is 6.54 Å². The van der Waals surface area contributed by atoms with Gasteiger partial charge < -0.3 is 19.7 Å². The number of ether oxygens (including phenoxy) is 2. The van der Waals surface area contributed by atoms with Gasteiger partial charge in [-0.2, -0.15) is 0 Å². The van der Waals surface area contributed by atoms with Crippen LogP contribution in [0.1, 0.15) is 6.92 Å². The summed E-state index contributed by atoms with van der Waals surface area (Å²) in [6.07, 6.45) is 0. The van der Waals surface area contributed by atoms with Gasteiger partial charge in [0.05, 0.1) is 13.7 Å². The highest BCUT2D eigenvalue weighted by Gasteiger charge is 2.13. The van der Waals surface area contributed by atoms with Crippen molar-refractivity contribution >= 4 is 27.5 Å². The van der Waals surface area contributed by atoms with Gasteiger partial charge in [0.1, 0.15) is 24.7 Å². The third-order valence-electron chi connectivity index (χ3n) is 3.80. The maximum absolute atomic E-state index is 12.2. The molecule has 6 heteroatoms. The number of hydrogen-bond donors (Lipinski definition) is 2. The van der Waals surface area contributed by atoms with Crippen LogP contribution in [0.15, 0.2) is 53.0 Å². The zero-order valence-electron chi connectivity index (χ0n) is 14.5. The molecule has 1 amide bonds. The third-order valence-corrected chi connectivity index (χ3v) is 4.33. The molecule has 0 saturated carbocycles. The minimum absolute atomic E-state index is 0.0197. The Labute approximate surface area is 157 Å². The molecule has 2 aromatic rings. The number of amides is 1. The topological polar surface area (TPSA) is 52.0 Å². The number of carbonyl (C=O) groups excluding carboxylic acids is 1. The number of carbonyl (C=O) groups is 1. The number of hydrogen-bond acceptors (Lipinski definition) is 3. The van der Waals surface area contributed by atoms with E-state index in [1.165, 1.54) is 0 Å². The number of methoxy groups -OCH3 is 1. The summed E-state index contributed by atoms with van der Waals surface area (Å²) in [6.45, 7) is 4.65. The first-order valence-corrected chi connectivity index (χ1v) is 9.06. The molecule has 134 valence electrons. The van der Waals surface area contributed by atoms with Crippen LogP contribution in [0.3, 0.4) is 0 Å². The Hall–Kier alpha value is -2.05. The van der Waals surface area contributed by atoms with E-state index in [0.29, 0.717) is 13.2 Å². The molecule has 25 heavy (non-hydrogen) atoms. The van der Waals surface area contributed by atoms with E-state index >= 15 is 0 Å². The molecule has 5 nitrogen and oxygen atoms in total. The first kappa shape index (κ1) is 19.3. The first-order chi connectivity index (χ1) is 12.1. The van der Waals surface area contributed by atoms with Crippen LogP contribution in [-0.4, -0.2) is 39.3 Å². The summed E-state index contributed by atoms with van der Waals surface area (Å²) in [5, 5.41) is 2.91. The maximum atomic E-state index is 12.2. The van der Waals surface area contributed by atoms with Crippen LogP contribution < -0.4 is 19.7 Å². The van der Waals surface area contributed by atoms with Crippen molar-refractivity contribution in [2.24, 2.45) is 0 Å². The van der Waals surface area contributed by atoms with Gasteiger partial charge in [-0.1, -0.05) is 22.0 Å². The minimum atomic E-state index is -0.0197. The first-order valence-electron chi connectivity index (χ1n) is 8.26. The van der Waals surface area contributed by atoms with E-state index in [2.05, 4.69) is 28.2 Å². The van der Waals surface area contributed by atoms with Crippen LogP contribution in [0.5, 0.6) is 11.5 Å². The van der Waals surface area contributed by atoms with Gasteiger partial charge in [0.2, 0.25) is 0 Å². The van der Waals surface area contributed by atoms with Crippen LogP contribution >= 0.6 is 15.9 Å². The van der Waals surface area contributed by atoms with Crippen molar-refractivity contribution in [1.82, 2.24) is 0 Å². The average Bonchev–Trinajstić information content (AvgIpc) is 2.62. The summed E-state index contributed by atoms with van der Waals surface area (Å²) in [6, 6.07) is 15.1. The molecule has 2 N–H and O–H groups in total. The summed E-state index contributed by atoms with van der Waals surface area (Å²) in [5.41, 5.74) is 0.742. The number of anilines is 1. The van der Waals surface area contributed by atoms with Gasteiger partial charge in [0, 0.05) is 16.2 Å². The van der Waals surface area contributed by atoms with Crippen molar-refractivity contribution < 1.29 is 19.2 Å².